The van der Waals surface area contributed by atoms with Crippen molar-refractivity contribution in [3.8, 4) is 0 Å². The third-order valence-electron chi connectivity index (χ3n) is 6.87. The number of anilines is 1. The molecular formula is C32H43N3O3S. The lowest BCUT2D eigenvalue weighted by atomic mass is 9.93. The fourth-order valence-electron chi connectivity index (χ4n) is 4.57. The molecule has 7 heteroatoms. The molecule has 3 rings (SSSR count). The number of thiophene rings is 1. The Morgan fingerprint density at radius 3 is 2.13 bits per heavy atom. The van der Waals surface area contributed by atoms with E-state index in [0.717, 1.165) is 27.3 Å². The summed E-state index contributed by atoms with van der Waals surface area (Å²) in [6, 6.07) is 18.0. The Labute approximate surface area is 238 Å². The van der Waals surface area contributed by atoms with Gasteiger partial charge in [0, 0.05) is 37.4 Å². The van der Waals surface area contributed by atoms with Crippen LogP contribution < -0.4 is 5.32 Å². The van der Waals surface area contributed by atoms with E-state index in [1.165, 1.54) is 5.56 Å². The third-order valence-corrected chi connectivity index (χ3v) is 7.87. The second-order valence-electron chi connectivity index (χ2n) is 10.6. The molecule has 0 atom stereocenters. The summed E-state index contributed by atoms with van der Waals surface area (Å²) in [5.41, 5.74) is 5.27. The van der Waals surface area contributed by atoms with Crippen molar-refractivity contribution in [2.45, 2.75) is 66.0 Å². The van der Waals surface area contributed by atoms with Gasteiger partial charge in [-0.25, -0.2) is 4.79 Å². The molecule has 0 unspecified atom stereocenters. The number of rotatable bonds is 13. The summed E-state index contributed by atoms with van der Waals surface area (Å²) in [4.78, 5) is 32.2. The first-order valence-corrected chi connectivity index (χ1v) is 14.6. The Morgan fingerprint density at radius 1 is 0.897 bits per heavy atom. The van der Waals surface area contributed by atoms with Gasteiger partial charge in [-0.2, -0.15) is 0 Å². The van der Waals surface area contributed by atoms with E-state index in [-0.39, 0.29) is 30.3 Å². The third kappa shape index (κ3) is 8.67. The lowest BCUT2D eigenvalue weighted by Gasteiger charge is -2.29. The fraction of sp³-hybridized carbons (Fsp3) is 0.438. The highest BCUT2D eigenvalue weighted by Gasteiger charge is 2.24. The first-order chi connectivity index (χ1) is 18.7. The van der Waals surface area contributed by atoms with Crippen molar-refractivity contribution in [3.05, 3.63) is 87.1 Å². The maximum atomic E-state index is 13.8. The molecule has 0 saturated heterocycles. The van der Waals surface area contributed by atoms with Gasteiger partial charge in [-0.05, 0) is 58.9 Å². The number of hydrogen-bond acceptors (Lipinski definition) is 4. The van der Waals surface area contributed by atoms with Crippen LogP contribution in [0.4, 0.5) is 10.5 Å². The van der Waals surface area contributed by atoms with Crippen LogP contribution in [0.3, 0.4) is 0 Å². The number of ether oxygens (including phenoxy) is 1. The second kappa shape index (κ2) is 14.8. The van der Waals surface area contributed by atoms with E-state index < -0.39 is 0 Å². The van der Waals surface area contributed by atoms with Crippen LogP contribution in [-0.4, -0.2) is 48.5 Å². The van der Waals surface area contributed by atoms with Crippen LogP contribution in [-0.2, 0) is 22.6 Å². The minimum Gasteiger partial charge on any atom is -0.385 e. The maximum absolute atomic E-state index is 13.8. The van der Waals surface area contributed by atoms with E-state index in [2.05, 4.69) is 63.5 Å². The van der Waals surface area contributed by atoms with Crippen LogP contribution in [0.15, 0.2) is 60.0 Å². The summed E-state index contributed by atoms with van der Waals surface area (Å²) >= 11 is 1.65. The van der Waals surface area contributed by atoms with Gasteiger partial charge < -0.3 is 19.9 Å². The van der Waals surface area contributed by atoms with Gasteiger partial charge in [0.15, 0.2) is 0 Å². The Hall–Kier alpha value is -3.16. The predicted octanol–water partition coefficient (Wildman–Crippen LogP) is 7.40. The van der Waals surface area contributed by atoms with Crippen LogP contribution in [0.25, 0.3) is 0 Å². The molecule has 3 amide bonds. The summed E-state index contributed by atoms with van der Waals surface area (Å²) in [6.45, 7) is 12.5. The van der Waals surface area contributed by atoms with Crippen molar-refractivity contribution in [3.63, 3.8) is 0 Å². The number of nitrogens with zero attached hydrogens (tertiary/aromatic N) is 2. The number of nitrogens with one attached hydrogen (secondary N) is 1. The molecule has 1 N–H and O–H groups in total. The van der Waals surface area contributed by atoms with Gasteiger partial charge in [-0.15, -0.1) is 11.3 Å². The molecule has 0 bridgehead atoms. The summed E-state index contributed by atoms with van der Waals surface area (Å²) < 4.78 is 5.25. The van der Waals surface area contributed by atoms with Gasteiger partial charge >= 0.3 is 6.03 Å². The van der Waals surface area contributed by atoms with Crippen LogP contribution in [0.5, 0.6) is 0 Å². The Morgan fingerprint density at radius 2 is 1.56 bits per heavy atom. The van der Waals surface area contributed by atoms with E-state index in [1.807, 2.05) is 41.3 Å². The van der Waals surface area contributed by atoms with Gasteiger partial charge in [-0.3, -0.25) is 4.79 Å². The zero-order chi connectivity index (χ0) is 28.4. The minimum absolute atomic E-state index is 0.00629. The van der Waals surface area contributed by atoms with Gasteiger partial charge in [0.25, 0.3) is 0 Å². The molecule has 0 aliphatic rings. The van der Waals surface area contributed by atoms with Crippen molar-refractivity contribution in [2.75, 3.05) is 32.1 Å². The van der Waals surface area contributed by atoms with Crippen LogP contribution in [0, 0.1) is 6.92 Å². The van der Waals surface area contributed by atoms with E-state index in [0.29, 0.717) is 32.7 Å². The fourth-order valence-corrected chi connectivity index (χ4v) is 5.49. The number of urea groups is 1. The van der Waals surface area contributed by atoms with Gasteiger partial charge in [0.05, 0.1) is 6.54 Å². The normalized spacial score (nSPS) is 11.2. The van der Waals surface area contributed by atoms with Crippen molar-refractivity contribution in [1.29, 1.82) is 0 Å². The standard InChI is InChI=1S/C32H43N3O3S/c1-23(2)27-14-10-15-28(24(3)4)31(27)33-32(37)34(17-11-18-38-6)22-30(36)35(20-26-12-8-7-9-13-26)21-29-25(5)16-19-39-29/h7-10,12-16,19,23-24H,11,17-18,20-22H2,1-6H3,(H,33,37). The lowest BCUT2D eigenvalue weighted by molar-refractivity contribution is -0.133. The number of carbonyl (C=O) groups is 2. The molecule has 210 valence electrons. The zero-order valence-electron chi connectivity index (χ0n) is 24.2. The molecule has 0 radical (unpaired) electrons. The topological polar surface area (TPSA) is 61.9 Å². The van der Waals surface area contributed by atoms with Crippen LogP contribution in [0.2, 0.25) is 0 Å². The zero-order valence-corrected chi connectivity index (χ0v) is 25.0. The van der Waals surface area contributed by atoms with Gasteiger partial charge in [0.2, 0.25) is 5.91 Å². The summed E-state index contributed by atoms with van der Waals surface area (Å²) in [5, 5.41) is 5.25. The average molecular weight is 550 g/mol. The van der Waals surface area contributed by atoms with Crippen LogP contribution >= 0.6 is 11.3 Å². The monoisotopic (exact) mass is 549 g/mol. The SMILES string of the molecule is COCCCN(CC(=O)N(Cc1ccccc1)Cc1sccc1C)C(=O)Nc1c(C(C)C)cccc1C(C)C. The molecule has 39 heavy (non-hydrogen) atoms. The highest BCUT2D eigenvalue weighted by atomic mass is 32.1. The molecule has 3 aromatic rings. The minimum atomic E-state index is -0.263. The molecule has 1 heterocycles. The van der Waals surface area contributed by atoms with E-state index in [4.69, 9.17) is 4.74 Å². The molecule has 0 aliphatic carbocycles. The number of carbonyl (C=O) groups excluding carboxylic acids is 2. The largest absolute Gasteiger partial charge is 0.385 e. The number of hydrogen-bond donors (Lipinski definition) is 1. The van der Waals surface area contributed by atoms with Crippen LogP contribution in [0.1, 0.15) is 73.1 Å². The van der Waals surface area contributed by atoms with Crippen molar-refractivity contribution < 1.29 is 14.3 Å². The molecule has 0 aliphatic heterocycles. The molecular weight excluding hydrogens is 506 g/mol. The smallest absolute Gasteiger partial charge is 0.322 e. The highest BCUT2D eigenvalue weighted by molar-refractivity contribution is 7.10. The Balaban J connectivity index is 1.86. The van der Waals surface area contributed by atoms with Crippen molar-refractivity contribution in [1.82, 2.24) is 9.80 Å². The number of benzene rings is 2. The molecule has 0 spiro atoms. The van der Waals surface area contributed by atoms with Gasteiger partial charge in [-0.1, -0.05) is 76.2 Å². The van der Waals surface area contributed by atoms with E-state index in [9.17, 15) is 9.59 Å². The number of amides is 3. The molecule has 0 saturated carbocycles. The Bertz CT molecular complexity index is 1180. The second-order valence-corrected chi connectivity index (χ2v) is 11.6. The van der Waals surface area contributed by atoms with E-state index >= 15 is 0 Å². The molecule has 6 nitrogen and oxygen atoms in total. The van der Waals surface area contributed by atoms with Gasteiger partial charge in [0.1, 0.15) is 6.54 Å². The highest BCUT2D eigenvalue weighted by Crippen LogP contribution is 2.32. The maximum Gasteiger partial charge on any atom is 0.322 e. The number of methoxy groups -OCH3 is 1. The van der Waals surface area contributed by atoms with E-state index in [1.54, 1.807) is 23.3 Å². The first-order valence-electron chi connectivity index (χ1n) is 13.7. The van der Waals surface area contributed by atoms with Crippen molar-refractivity contribution in [2.24, 2.45) is 0 Å². The molecule has 2 aromatic carbocycles. The average Bonchev–Trinajstić information content (AvgIpc) is 3.32. The quantitative estimate of drug-likeness (QED) is 0.226. The number of para-hydroxylation sites is 1. The summed E-state index contributed by atoms with van der Waals surface area (Å²) in [6.07, 6.45) is 0.642. The molecule has 0 fully saturated rings. The molecule has 1 aromatic heterocycles. The predicted molar refractivity (Wildman–Crippen MR) is 161 cm³/mol. The Kier molecular flexibility index (Phi) is 11.6. The van der Waals surface area contributed by atoms with Crippen molar-refractivity contribution >= 4 is 29.0 Å². The summed E-state index contributed by atoms with van der Waals surface area (Å²) in [5.74, 6) is 0.413. The summed E-state index contributed by atoms with van der Waals surface area (Å²) in [7, 11) is 1.65. The number of aryl methyl sites for hydroxylation is 1. The lowest BCUT2D eigenvalue weighted by Crippen LogP contribution is -2.45. The first kappa shape index (κ1) is 30.4.